The van der Waals surface area contributed by atoms with Crippen LogP contribution in [0.25, 0.3) is 0 Å². The number of hydrogen-bond acceptors (Lipinski definition) is 6. The molecule has 4 rings (SSSR count). The van der Waals surface area contributed by atoms with Crippen molar-refractivity contribution in [1.82, 2.24) is 19.6 Å². The molecule has 0 radical (unpaired) electrons. The predicted molar refractivity (Wildman–Crippen MR) is 108 cm³/mol. The number of piperazine rings is 1. The van der Waals surface area contributed by atoms with Gasteiger partial charge in [-0.2, -0.15) is 5.10 Å². The first-order chi connectivity index (χ1) is 14.4. The quantitative estimate of drug-likeness (QED) is 0.744. The highest BCUT2D eigenvalue weighted by atomic mass is 16.5. The van der Waals surface area contributed by atoms with Crippen LogP contribution >= 0.6 is 0 Å². The lowest BCUT2D eigenvalue weighted by molar-refractivity contribution is -0.151. The van der Waals surface area contributed by atoms with Gasteiger partial charge in [0.15, 0.2) is 0 Å². The zero-order valence-electron chi connectivity index (χ0n) is 17.0. The first-order valence-corrected chi connectivity index (χ1v) is 9.90. The summed E-state index contributed by atoms with van der Waals surface area (Å²) in [6.45, 7) is 2.10. The Morgan fingerprint density at radius 3 is 2.63 bits per heavy atom. The minimum absolute atomic E-state index is 0.0256. The highest BCUT2D eigenvalue weighted by Gasteiger charge is 2.51. The summed E-state index contributed by atoms with van der Waals surface area (Å²) in [5, 5.41) is 4.22. The monoisotopic (exact) mass is 411 g/mol. The number of amides is 2. The number of methoxy groups -OCH3 is 1. The van der Waals surface area contributed by atoms with Crippen LogP contribution in [0.15, 0.2) is 36.4 Å². The second-order valence-electron chi connectivity index (χ2n) is 7.82. The maximum Gasteiger partial charge on any atom is 0.311 e. The Balaban J connectivity index is 1.56. The van der Waals surface area contributed by atoms with Gasteiger partial charge in [0.05, 0.1) is 37.4 Å². The Labute approximate surface area is 174 Å². The molecule has 2 amide bonds. The second kappa shape index (κ2) is 7.81. The third kappa shape index (κ3) is 3.51. The number of fused-ring (bicyclic) bond motifs is 1. The largest absolute Gasteiger partial charge is 0.469 e. The van der Waals surface area contributed by atoms with Gasteiger partial charge in [-0.15, -0.1) is 0 Å². The molecular weight excluding hydrogens is 386 g/mol. The summed E-state index contributed by atoms with van der Waals surface area (Å²) in [7, 11) is 1.36. The molecule has 2 aliphatic rings. The van der Waals surface area contributed by atoms with Crippen LogP contribution < -0.4 is 5.73 Å². The number of rotatable bonds is 4. The van der Waals surface area contributed by atoms with Gasteiger partial charge in [0.25, 0.3) is 0 Å². The maximum absolute atomic E-state index is 13.1. The lowest BCUT2D eigenvalue weighted by atomic mass is 9.93. The molecule has 2 saturated heterocycles. The Morgan fingerprint density at radius 2 is 2.00 bits per heavy atom. The molecule has 1 aromatic carbocycles. The molecule has 3 heterocycles. The van der Waals surface area contributed by atoms with E-state index in [0.717, 1.165) is 11.3 Å². The van der Waals surface area contributed by atoms with Gasteiger partial charge >= 0.3 is 5.97 Å². The first-order valence-electron chi connectivity index (χ1n) is 9.90. The molecule has 158 valence electrons. The third-order valence-electron chi connectivity index (χ3n) is 5.86. The molecular formula is C21H25N5O4. The zero-order valence-corrected chi connectivity index (χ0v) is 17.0. The van der Waals surface area contributed by atoms with Crippen molar-refractivity contribution in [1.29, 1.82) is 0 Å². The first kappa shape index (κ1) is 19.9. The van der Waals surface area contributed by atoms with E-state index in [1.54, 1.807) is 17.9 Å². The van der Waals surface area contributed by atoms with Crippen molar-refractivity contribution in [3.05, 3.63) is 47.7 Å². The average molecular weight is 411 g/mol. The molecule has 0 unspecified atom stereocenters. The SMILES string of the molecule is COC(=O)[C@H]1C[C@H]2CN(C(=O)Cn3nc(C)cc3N)CC(=O)N2[C@H]1c1ccccc1. The molecule has 0 aliphatic carbocycles. The van der Waals surface area contributed by atoms with Crippen molar-refractivity contribution in [2.45, 2.75) is 32.0 Å². The van der Waals surface area contributed by atoms with Crippen molar-refractivity contribution in [3.63, 3.8) is 0 Å². The van der Waals surface area contributed by atoms with Crippen LogP contribution in [0.3, 0.4) is 0 Å². The minimum atomic E-state index is -0.467. The summed E-state index contributed by atoms with van der Waals surface area (Å²) >= 11 is 0. The number of nitrogens with two attached hydrogens (primary N) is 1. The van der Waals surface area contributed by atoms with E-state index in [1.165, 1.54) is 16.7 Å². The van der Waals surface area contributed by atoms with Gasteiger partial charge in [0.1, 0.15) is 12.4 Å². The van der Waals surface area contributed by atoms with E-state index in [-0.39, 0.29) is 36.9 Å². The predicted octanol–water partition coefficient (Wildman–Crippen LogP) is 0.747. The van der Waals surface area contributed by atoms with Gasteiger partial charge in [0, 0.05) is 12.6 Å². The summed E-state index contributed by atoms with van der Waals surface area (Å²) in [5.41, 5.74) is 7.50. The van der Waals surface area contributed by atoms with E-state index in [2.05, 4.69) is 5.10 Å². The number of nitrogen functional groups attached to an aromatic ring is 1. The topological polar surface area (TPSA) is 111 Å². The van der Waals surface area contributed by atoms with Gasteiger partial charge in [-0.1, -0.05) is 30.3 Å². The summed E-state index contributed by atoms with van der Waals surface area (Å²) in [6, 6.07) is 10.5. The van der Waals surface area contributed by atoms with Crippen molar-refractivity contribution in [2.24, 2.45) is 5.92 Å². The zero-order chi connectivity index (χ0) is 21.4. The fourth-order valence-corrected chi connectivity index (χ4v) is 4.57. The highest BCUT2D eigenvalue weighted by molar-refractivity contribution is 5.88. The van der Waals surface area contributed by atoms with Crippen LogP contribution in [0.5, 0.6) is 0 Å². The van der Waals surface area contributed by atoms with Crippen molar-refractivity contribution in [2.75, 3.05) is 25.9 Å². The number of aryl methyl sites for hydroxylation is 1. The molecule has 2 N–H and O–H groups in total. The summed E-state index contributed by atoms with van der Waals surface area (Å²) in [4.78, 5) is 41.7. The Hall–Kier alpha value is -3.36. The van der Waals surface area contributed by atoms with Crippen LogP contribution in [-0.4, -0.2) is 63.6 Å². The molecule has 1 aromatic heterocycles. The van der Waals surface area contributed by atoms with Crippen LogP contribution in [-0.2, 0) is 25.7 Å². The number of aromatic nitrogens is 2. The molecule has 2 aliphatic heterocycles. The fourth-order valence-electron chi connectivity index (χ4n) is 4.57. The lowest BCUT2D eigenvalue weighted by Crippen LogP contribution is -2.56. The minimum Gasteiger partial charge on any atom is -0.469 e. The van der Waals surface area contributed by atoms with Gasteiger partial charge in [-0.3, -0.25) is 14.4 Å². The number of esters is 1. The van der Waals surface area contributed by atoms with Crippen molar-refractivity contribution in [3.8, 4) is 0 Å². The maximum atomic E-state index is 13.1. The van der Waals surface area contributed by atoms with Crippen molar-refractivity contribution < 1.29 is 19.1 Å². The summed E-state index contributed by atoms with van der Waals surface area (Å²) in [5.74, 6) is -0.809. The highest BCUT2D eigenvalue weighted by Crippen LogP contribution is 2.43. The Bertz CT molecular complexity index is 973. The fraction of sp³-hybridized carbons (Fsp3) is 0.429. The summed E-state index contributed by atoms with van der Waals surface area (Å²) < 4.78 is 6.45. The van der Waals surface area contributed by atoms with Gasteiger partial charge in [-0.25, -0.2) is 4.68 Å². The number of carbonyl (C=O) groups excluding carboxylic acids is 3. The number of carbonyl (C=O) groups is 3. The normalized spacial score (nSPS) is 23.4. The van der Waals surface area contributed by atoms with E-state index < -0.39 is 12.0 Å². The van der Waals surface area contributed by atoms with Crippen molar-refractivity contribution >= 4 is 23.6 Å². The number of hydrogen-bond donors (Lipinski definition) is 1. The van der Waals surface area contributed by atoms with E-state index in [0.29, 0.717) is 18.8 Å². The number of benzene rings is 1. The van der Waals surface area contributed by atoms with Gasteiger partial charge in [0.2, 0.25) is 11.8 Å². The van der Waals surface area contributed by atoms with E-state index >= 15 is 0 Å². The number of nitrogens with zero attached hydrogens (tertiary/aromatic N) is 4. The Kier molecular flexibility index (Phi) is 5.19. The van der Waals surface area contributed by atoms with E-state index in [4.69, 9.17) is 10.5 Å². The lowest BCUT2D eigenvalue weighted by Gasteiger charge is -2.40. The molecule has 3 atom stereocenters. The third-order valence-corrected chi connectivity index (χ3v) is 5.86. The Morgan fingerprint density at radius 1 is 1.27 bits per heavy atom. The number of ether oxygens (including phenoxy) is 1. The van der Waals surface area contributed by atoms with Gasteiger partial charge in [-0.05, 0) is 18.9 Å². The van der Waals surface area contributed by atoms with Gasteiger partial charge < -0.3 is 20.3 Å². The van der Waals surface area contributed by atoms with Crippen LogP contribution in [0.4, 0.5) is 5.82 Å². The molecule has 0 spiro atoms. The van der Waals surface area contributed by atoms with Crippen LogP contribution in [0.2, 0.25) is 0 Å². The van der Waals surface area contributed by atoms with E-state index in [1.807, 2.05) is 30.3 Å². The van der Waals surface area contributed by atoms with Crippen LogP contribution in [0.1, 0.15) is 23.7 Å². The smallest absolute Gasteiger partial charge is 0.311 e. The molecule has 2 aromatic rings. The second-order valence-corrected chi connectivity index (χ2v) is 7.82. The average Bonchev–Trinajstić information content (AvgIpc) is 3.27. The van der Waals surface area contributed by atoms with E-state index in [9.17, 15) is 14.4 Å². The van der Waals surface area contributed by atoms with Crippen LogP contribution in [0, 0.1) is 12.8 Å². The molecule has 0 saturated carbocycles. The molecule has 9 nitrogen and oxygen atoms in total. The standard InChI is InChI=1S/C21H25N5O4/c1-13-8-17(22)25(23-13)12-18(27)24-10-15-9-16(21(29)30-2)20(26(15)19(28)11-24)14-6-4-3-5-7-14/h3-8,15-16,20H,9-12,22H2,1-2H3/t15-,16-,20-/m0/s1. The number of anilines is 1. The molecule has 2 fully saturated rings. The summed E-state index contributed by atoms with van der Waals surface area (Å²) in [6.07, 6.45) is 0.449. The molecule has 0 bridgehead atoms. The molecule has 9 heteroatoms. The molecule has 30 heavy (non-hydrogen) atoms.